The molecule has 3 aromatic rings. The van der Waals surface area contributed by atoms with Gasteiger partial charge < -0.3 is 9.30 Å². The first kappa shape index (κ1) is 14.6. The topological polar surface area (TPSA) is 73.4 Å². The van der Waals surface area contributed by atoms with Gasteiger partial charge in [0.15, 0.2) is 5.65 Å². The van der Waals surface area contributed by atoms with Crippen molar-refractivity contribution in [2.24, 2.45) is 0 Å². The standard InChI is InChI=1S/C14H19N7O/c1-19(9-14-18-16-11-20(14)6-7-22-2)8-12-4-3-5-13-15-10-17-21(12)13/h3-5,10-11H,6-9H2,1-2H3. The van der Waals surface area contributed by atoms with Crippen LogP contribution in [-0.4, -0.2) is 55.0 Å². The highest BCUT2D eigenvalue weighted by Gasteiger charge is 2.10. The van der Waals surface area contributed by atoms with Gasteiger partial charge in [-0.2, -0.15) is 5.10 Å². The molecule has 0 amide bonds. The van der Waals surface area contributed by atoms with Gasteiger partial charge in [-0.05, 0) is 19.2 Å². The van der Waals surface area contributed by atoms with Crippen LogP contribution in [0.4, 0.5) is 0 Å². The Morgan fingerprint density at radius 3 is 3.05 bits per heavy atom. The SMILES string of the molecule is COCCn1cnnc1CN(C)Cc1cccc2ncnn12. The predicted molar refractivity (Wildman–Crippen MR) is 80.1 cm³/mol. The first-order valence-electron chi connectivity index (χ1n) is 7.09. The number of hydrogen-bond acceptors (Lipinski definition) is 6. The van der Waals surface area contributed by atoms with E-state index in [1.54, 1.807) is 19.8 Å². The second kappa shape index (κ2) is 6.63. The van der Waals surface area contributed by atoms with Crippen molar-refractivity contribution < 1.29 is 4.74 Å². The molecule has 0 aromatic carbocycles. The van der Waals surface area contributed by atoms with Gasteiger partial charge in [0.25, 0.3) is 0 Å². The van der Waals surface area contributed by atoms with Crippen LogP contribution in [0, 0.1) is 0 Å². The van der Waals surface area contributed by atoms with Crippen molar-refractivity contribution in [1.82, 2.24) is 34.3 Å². The average Bonchev–Trinajstić information content (AvgIpc) is 3.14. The van der Waals surface area contributed by atoms with Crippen LogP contribution in [0.1, 0.15) is 11.5 Å². The van der Waals surface area contributed by atoms with E-state index in [9.17, 15) is 0 Å². The summed E-state index contributed by atoms with van der Waals surface area (Å²) in [5.74, 6) is 0.922. The van der Waals surface area contributed by atoms with Crippen LogP contribution in [0.15, 0.2) is 30.9 Å². The molecule has 0 N–H and O–H groups in total. The van der Waals surface area contributed by atoms with Gasteiger partial charge >= 0.3 is 0 Å². The van der Waals surface area contributed by atoms with Crippen LogP contribution in [0.25, 0.3) is 5.65 Å². The molecule has 8 nitrogen and oxygen atoms in total. The molecule has 22 heavy (non-hydrogen) atoms. The molecule has 3 aromatic heterocycles. The van der Waals surface area contributed by atoms with Gasteiger partial charge in [0.1, 0.15) is 18.5 Å². The molecule has 8 heteroatoms. The number of ether oxygens (including phenoxy) is 1. The molecule has 0 radical (unpaired) electrons. The lowest BCUT2D eigenvalue weighted by molar-refractivity contribution is 0.184. The monoisotopic (exact) mass is 301 g/mol. The summed E-state index contributed by atoms with van der Waals surface area (Å²) in [6.07, 6.45) is 3.31. The largest absolute Gasteiger partial charge is 0.383 e. The summed E-state index contributed by atoms with van der Waals surface area (Å²) in [6, 6.07) is 5.99. The molecule has 0 bridgehead atoms. The Hall–Kier alpha value is -2.32. The lowest BCUT2D eigenvalue weighted by Gasteiger charge is -2.17. The molecular weight excluding hydrogens is 282 g/mol. The second-order valence-electron chi connectivity index (χ2n) is 5.15. The van der Waals surface area contributed by atoms with Gasteiger partial charge in [0.2, 0.25) is 0 Å². The summed E-state index contributed by atoms with van der Waals surface area (Å²) in [5.41, 5.74) is 1.94. The van der Waals surface area contributed by atoms with E-state index in [1.165, 1.54) is 0 Å². The Balaban J connectivity index is 1.69. The van der Waals surface area contributed by atoms with E-state index in [2.05, 4.69) is 25.2 Å². The molecule has 0 unspecified atom stereocenters. The highest BCUT2D eigenvalue weighted by atomic mass is 16.5. The Labute approximate surface area is 128 Å². The minimum Gasteiger partial charge on any atom is -0.383 e. The van der Waals surface area contributed by atoms with Crippen molar-refractivity contribution in [2.45, 2.75) is 19.6 Å². The van der Waals surface area contributed by atoms with Crippen molar-refractivity contribution in [3.05, 3.63) is 42.4 Å². The van der Waals surface area contributed by atoms with Gasteiger partial charge in [0.05, 0.1) is 18.8 Å². The molecule has 116 valence electrons. The second-order valence-corrected chi connectivity index (χ2v) is 5.15. The minimum atomic E-state index is 0.646. The normalized spacial score (nSPS) is 11.6. The third-order valence-corrected chi connectivity index (χ3v) is 3.46. The predicted octanol–water partition coefficient (Wildman–Crippen LogP) is 0.599. The van der Waals surface area contributed by atoms with E-state index in [1.807, 2.05) is 34.3 Å². The maximum atomic E-state index is 5.10. The van der Waals surface area contributed by atoms with E-state index >= 15 is 0 Å². The Bertz CT molecular complexity index is 735. The first-order valence-corrected chi connectivity index (χ1v) is 7.09. The number of rotatable bonds is 7. The molecule has 0 aliphatic carbocycles. The smallest absolute Gasteiger partial charge is 0.155 e. The Morgan fingerprint density at radius 1 is 1.27 bits per heavy atom. The molecular formula is C14H19N7O. The number of pyridine rings is 1. The minimum absolute atomic E-state index is 0.646. The Kier molecular flexibility index (Phi) is 4.40. The average molecular weight is 301 g/mol. The quantitative estimate of drug-likeness (QED) is 0.636. The molecule has 3 heterocycles. The lowest BCUT2D eigenvalue weighted by atomic mass is 10.3. The van der Waals surface area contributed by atoms with Crippen LogP contribution in [0.5, 0.6) is 0 Å². The van der Waals surface area contributed by atoms with Crippen molar-refractivity contribution in [1.29, 1.82) is 0 Å². The third-order valence-electron chi connectivity index (χ3n) is 3.46. The zero-order chi connectivity index (χ0) is 15.4. The van der Waals surface area contributed by atoms with Crippen molar-refractivity contribution in [2.75, 3.05) is 20.8 Å². The number of methoxy groups -OCH3 is 1. The molecule has 0 saturated carbocycles. The number of fused-ring (bicyclic) bond motifs is 1. The summed E-state index contributed by atoms with van der Waals surface area (Å²) < 4.78 is 8.96. The van der Waals surface area contributed by atoms with E-state index < -0.39 is 0 Å². The molecule has 0 aliphatic rings. The molecule has 0 aliphatic heterocycles. The van der Waals surface area contributed by atoms with Gasteiger partial charge in [0, 0.05) is 20.2 Å². The van der Waals surface area contributed by atoms with Gasteiger partial charge in [-0.1, -0.05) is 6.07 Å². The first-order chi connectivity index (χ1) is 10.8. The maximum absolute atomic E-state index is 5.10. The summed E-state index contributed by atoms with van der Waals surface area (Å²) in [6.45, 7) is 2.85. The highest BCUT2D eigenvalue weighted by molar-refractivity contribution is 5.37. The van der Waals surface area contributed by atoms with E-state index in [4.69, 9.17) is 4.74 Å². The summed E-state index contributed by atoms with van der Waals surface area (Å²) in [7, 11) is 3.74. The zero-order valence-corrected chi connectivity index (χ0v) is 12.8. The molecule has 0 atom stereocenters. The fourth-order valence-electron chi connectivity index (χ4n) is 2.37. The molecule has 0 spiro atoms. The van der Waals surface area contributed by atoms with Crippen molar-refractivity contribution >= 4 is 5.65 Å². The molecule has 0 fully saturated rings. The van der Waals surface area contributed by atoms with Crippen LogP contribution >= 0.6 is 0 Å². The van der Waals surface area contributed by atoms with Gasteiger partial charge in [-0.25, -0.2) is 9.50 Å². The van der Waals surface area contributed by atoms with E-state index in [0.29, 0.717) is 13.2 Å². The zero-order valence-electron chi connectivity index (χ0n) is 12.8. The van der Waals surface area contributed by atoms with Gasteiger partial charge in [-0.15, -0.1) is 10.2 Å². The fraction of sp³-hybridized carbons (Fsp3) is 0.429. The molecule has 3 rings (SSSR count). The van der Waals surface area contributed by atoms with Crippen molar-refractivity contribution in [3.63, 3.8) is 0 Å². The van der Waals surface area contributed by atoms with Gasteiger partial charge in [-0.3, -0.25) is 4.90 Å². The van der Waals surface area contributed by atoms with Crippen LogP contribution in [-0.2, 0) is 24.4 Å². The summed E-state index contributed by atoms with van der Waals surface area (Å²) in [5, 5.41) is 12.4. The number of nitrogens with zero attached hydrogens (tertiary/aromatic N) is 7. The lowest BCUT2D eigenvalue weighted by Crippen LogP contribution is -2.22. The number of aromatic nitrogens is 6. The summed E-state index contributed by atoms with van der Waals surface area (Å²) in [4.78, 5) is 6.37. The number of hydrogen-bond donors (Lipinski definition) is 0. The Morgan fingerprint density at radius 2 is 2.18 bits per heavy atom. The van der Waals surface area contributed by atoms with E-state index in [0.717, 1.165) is 30.3 Å². The fourth-order valence-corrected chi connectivity index (χ4v) is 2.37. The van der Waals surface area contributed by atoms with Crippen LogP contribution in [0.2, 0.25) is 0 Å². The highest BCUT2D eigenvalue weighted by Crippen LogP contribution is 2.08. The van der Waals surface area contributed by atoms with E-state index in [-0.39, 0.29) is 0 Å². The maximum Gasteiger partial charge on any atom is 0.155 e. The van der Waals surface area contributed by atoms with Crippen molar-refractivity contribution in [3.8, 4) is 0 Å². The van der Waals surface area contributed by atoms with Crippen LogP contribution < -0.4 is 0 Å². The van der Waals surface area contributed by atoms with Crippen LogP contribution in [0.3, 0.4) is 0 Å². The molecule has 0 saturated heterocycles. The third kappa shape index (κ3) is 3.12. The summed E-state index contributed by atoms with van der Waals surface area (Å²) >= 11 is 0.